The Morgan fingerprint density at radius 2 is 2.00 bits per heavy atom. The lowest BCUT2D eigenvalue weighted by atomic mass is 10.1. The molecule has 80 valence electrons. The van der Waals surface area contributed by atoms with Gasteiger partial charge in [-0.2, -0.15) is 0 Å². The summed E-state index contributed by atoms with van der Waals surface area (Å²) in [6.45, 7) is 1.74. The Morgan fingerprint density at radius 3 is 2.57 bits per heavy atom. The van der Waals surface area contributed by atoms with Gasteiger partial charge in [0, 0.05) is 19.1 Å². The summed E-state index contributed by atoms with van der Waals surface area (Å²) in [7, 11) is 0. The Labute approximate surface area is 89.4 Å². The van der Waals surface area contributed by atoms with Crippen LogP contribution in [0.25, 0.3) is 0 Å². The van der Waals surface area contributed by atoms with Crippen LogP contribution in [0.15, 0.2) is 0 Å². The van der Waals surface area contributed by atoms with Crippen LogP contribution in [0.3, 0.4) is 0 Å². The molecule has 2 saturated heterocycles. The van der Waals surface area contributed by atoms with E-state index in [1.807, 2.05) is 16.7 Å². The maximum Gasteiger partial charge on any atom is 0.235 e. The van der Waals surface area contributed by atoms with Crippen LogP contribution >= 0.6 is 11.8 Å². The van der Waals surface area contributed by atoms with Crippen molar-refractivity contribution in [2.45, 2.75) is 37.0 Å². The first-order chi connectivity index (χ1) is 6.77. The van der Waals surface area contributed by atoms with Gasteiger partial charge in [-0.1, -0.05) is 0 Å². The highest BCUT2D eigenvalue weighted by Gasteiger charge is 2.29. The van der Waals surface area contributed by atoms with E-state index < -0.39 is 0 Å². The SMILES string of the molecule is NC1CCN(C(=O)C2CCCS2)CC1. The summed E-state index contributed by atoms with van der Waals surface area (Å²) in [6.07, 6.45) is 4.23. The van der Waals surface area contributed by atoms with Crippen LogP contribution in [0.1, 0.15) is 25.7 Å². The van der Waals surface area contributed by atoms with Crippen molar-refractivity contribution in [3.05, 3.63) is 0 Å². The van der Waals surface area contributed by atoms with Gasteiger partial charge in [0.25, 0.3) is 0 Å². The fourth-order valence-electron chi connectivity index (χ4n) is 2.10. The number of rotatable bonds is 1. The highest BCUT2D eigenvalue weighted by Crippen LogP contribution is 2.28. The van der Waals surface area contributed by atoms with Gasteiger partial charge in [0.15, 0.2) is 0 Å². The molecule has 0 aromatic heterocycles. The Morgan fingerprint density at radius 1 is 1.29 bits per heavy atom. The van der Waals surface area contributed by atoms with E-state index in [9.17, 15) is 4.79 Å². The zero-order chi connectivity index (χ0) is 9.97. The van der Waals surface area contributed by atoms with Crippen molar-refractivity contribution in [2.24, 2.45) is 5.73 Å². The zero-order valence-corrected chi connectivity index (χ0v) is 9.26. The molecule has 14 heavy (non-hydrogen) atoms. The number of amides is 1. The maximum absolute atomic E-state index is 12.0. The van der Waals surface area contributed by atoms with Gasteiger partial charge in [-0.05, 0) is 31.4 Å². The molecule has 1 atom stereocenters. The first-order valence-corrected chi connectivity index (χ1v) is 6.48. The monoisotopic (exact) mass is 214 g/mol. The van der Waals surface area contributed by atoms with E-state index in [4.69, 9.17) is 5.73 Å². The van der Waals surface area contributed by atoms with Crippen molar-refractivity contribution in [2.75, 3.05) is 18.8 Å². The molecule has 3 nitrogen and oxygen atoms in total. The number of likely N-dealkylation sites (tertiary alicyclic amines) is 1. The highest BCUT2D eigenvalue weighted by atomic mass is 32.2. The fraction of sp³-hybridized carbons (Fsp3) is 0.900. The molecule has 2 rings (SSSR count). The van der Waals surface area contributed by atoms with Crippen LogP contribution in [0, 0.1) is 0 Å². The number of hydrogen-bond acceptors (Lipinski definition) is 3. The first kappa shape index (κ1) is 10.3. The third kappa shape index (κ3) is 2.23. The second kappa shape index (κ2) is 4.53. The Kier molecular flexibility index (Phi) is 3.34. The zero-order valence-electron chi connectivity index (χ0n) is 8.45. The summed E-state index contributed by atoms with van der Waals surface area (Å²) < 4.78 is 0. The fourth-order valence-corrected chi connectivity index (χ4v) is 3.34. The standard InChI is InChI=1S/C10H18N2OS/c11-8-3-5-12(6-4-8)10(13)9-2-1-7-14-9/h8-9H,1-7,11H2. The number of piperidine rings is 1. The minimum Gasteiger partial charge on any atom is -0.342 e. The lowest BCUT2D eigenvalue weighted by molar-refractivity contribution is -0.131. The summed E-state index contributed by atoms with van der Waals surface area (Å²) in [4.78, 5) is 14.0. The molecule has 1 unspecified atom stereocenters. The number of nitrogens with two attached hydrogens (primary N) is 1. The molecular formula is C10H18N2OS. The molecule has 2 aliphatic rings. The van der Waals surface area contributed by atoms with Crippen molar-refractivity contribution in [1.29, 1.82) is 0 Å². The Bertz CT molecular complexity index is 208. The molecule has 2 aliphatic heterocycles. The molecule has 1 amide bonds. The summed E-state index contributed by atoms with van der Waals surface area (Å²) in [5, 5.41) is 0.254. The summed E-state index contributed by atoms with van der Waals surface area (Å²) in [6, 6.07) is 0.315. The average molecular weight is 214 g/mol. The molecule has 0 saturated carbocycles. The summed E-state index contributed by atoms with van der Waals surface area (Å²) >= 11 is 1.82. The van der Waals surface area contributed by atoms with Gasteiger partial charge in [-0.15, -0.1) is 11.8 Å². The average Bonchev–Trinajstić information content (AvgIpc) is 2.71. The van der Waals surface area contributed by atoms with Crippen molar-refractivity contribution >= 4 is 17.7 Å². The molecule has 0 bridgehead atoms. The second-order valence-electron chi connectivity index (χ2n) is 4.16. The second-order valence-corrected chi connectivity index (χ2v) is 5.47. The van der Waals surface area contributed by atoms with E-state index in [-0.39, 0.29) is 5.25 Å². The lowest BCUT2D eigenvalue weighted by Gasteiger charge is -2.31. The molecule has 0 radical (unpaired) electrons. The smallest absolute Gasteiger partial charge is 0.235 e. The molecule has 0 aliphatic carbocycles. The number of hydrogen-bond donors (Lipinski definition) is 1. The third-order valence-electron chi connectivity index (χ3n) is 3.06. The van der Waals surface area contributed by atoms with E-state index in [0.717, 1.165) is 38.1 Å². The number of carbonyl (C=O) groups is 1. The van der Waals surface area contributed by atoms with Crippen molar-refractivity contribution in [3.8, 4) is 0 Å². The van der Waals surface area contributed by atoms with E-state index in [1.54, 1.807) is 0 Å². The summed E-state index contributed by atoms with van der Waals surface area (Å²) in [5.74, 6) is 1.52. The van der Waals surface area contributed by atoms with Gasteiger partial charge in [0.1, 0.15) is 0 Å². The van der Waals surface area contributed by atoms with Crippen LogP contribution in [-0.4, -0.2) is 40.9 Å². The molecular weight excluding hydrogens is 196 g/mol. The number of thioether (sulfide) groups is 1. The number of carbonyl (C=O) groups excluding carboxylic acids is 1. The summed E-state index contributed by atoms with van der Waals surface area (Å²) in [5.41, 5.74) is 5.81. The molecule has 0 aromatic rings. The van der Waals surface area contributed by atoms with Crippen molar-refractivity contribution in [1.82, 2.24) is 4.90 Å². The molecule has 2 N–H and O–H groups in total. The molecule has 4 heteroatoms. The quantitative estimate of drug-likeness (QED) is 0.703. The van der Waals surface area contributed by atoms with Crippen molar-refractivity contribution < 1.29 is 4.79 Å². The Balaban J connectivity index is 1.85. The van der Waals surface area contributed by atoms with Gasteiger partial charge < -0.3 is 10.6 Å². The molecule has 0 aromatic carbocycles. The van der Waals surface area contributed by atoms with Crippen LogP contribution < -0.4 is 5.73 Å². The van der Waals surface area contributed by atoms with Gasteiger partial charge >= 0.3 is 0 Å². The minimum absolute atomic E-state index is 0.254. The predicted molar refractivity (Wildman–Crippen MR) is 59.3 cm³/mol. The first-order valence-electron chi connectivity index (χ1n) is 5.43. The topological polar surface area (TPSA) is 46.3 Å². The lowest BCUT2D eigenvalue weighted by Crippen LogP contribution is -2.45. The highest BCUT2D eigenvalue weighted by molar-refractivity contribution is 8.00. The van der Waals surface area contributed by atoms with Crippen LogP contribution in [0.4, 0.5) is 0 Å². The maximum atomic E-state index is 12.0. The predicted octanol–water partition coefficient (Wildman–Crippen LogP) is 0.832. The van der Waals surface area contributed by atoms with Gasteiger partial charge in [-0.3, -0.25) is 4.79 Å². The van der Waals surface area contributed by atoms with Gasteiger partial charge in [-0.25, -0.2) is 0 Å². The van der Waals surface area contributed by atoms with Crippen LogP contribution in [-0.2, 0) is 4.79 Å². The van der Waals surface area contributed by atoms with E-state index in [1.165, 1.54) is 6.42 Å². The van der Waals surface area contributed by atoms with Crippen molar-refractivity contribution in [3.63, 3.8) is 0 Å². The number of nitrogens with zero attached hydrogens (tertiary/aromatic N) is 1. The molecule has 2 heterocycles. The molecule has 0 spiro atoms. The van der Waals surface area contributed by atoms with Gasteiger partial charge in [0.2, 0.25) is 5.91 Å². The Hall–Kier alpha value is -0.220. The van der Waals surface area contributed by atoms with E-state index in [0.29, 0.717) is 11.9 Å². The third-order valence-corrected chi connectivity index (χ3v) is 4.42. The minimum atomic E-state index is 0.254. The van der Waals surface area contributed by atoms with E-state index in [2.05, 4.69) is 0 Å². The molecule has 2 fully saturated rings. The van der Waals surface area contributed by atoms with E-state index >= 15 is 0 Å². The normalized spacial score (nSPS) is 29.5. The van der Waals surface area contributed by atoms with Crippen LogP contribution in [0.2, 0.25) is 0 Å². The largest absolute Gasteiger partial charge is 0.342 e. The van der Waals surface area contributed by atoms with Crippen LogP contribution in [0.5, 0.6) is 0 Å². The van der Waals surface area contributed by atoms with Gasteiger partial charge in [0.05, 0.1) is 5.25 Å².